The smallest absolute Gasteiger partial charge is 0.231 e. The van der Waals surface area contributed by atoms with Crippen LogP contribution in [0.15, 0.2) is 48.5 Å². The largest absolute Gasteiger partial charge is 0.454 e. The normalized spacial score (nSPS) is 13.7. The molecule has 120 valence electrons. The summed E-state index contributed by atoms with van der Waals surface area (Å²) in [5.41, 5.74) is 2.42. The number of fused-ring (bicyclic) bond motifs is 1. The summed E-state index contributed by atoms with van der Waals surface area (Å²) in [6, 6.07) is 16.4. The lowest BCUT2D eigenvalue weighted by molar-refractivity contribution is -0.127. The van der Waals surface area contributed by atoms with Crippen LogP contribution in [0.5, 0.6) is 11.5 Å². The molecule has 0 saturated carbocycles. The molecule has 0 spiro atoms. The highest BCUT2D eigenvalue weighted by atomic mass is 16.7. The number of carbonyl (C=O) groups excluding carboxylic acids is 1. The van der Waals surface area contributed by atoms with E-state index in [2.05, 4.69) is 18.2 Å². The van der Waals surface area contributed by atoms with Gasteiger partial charge >= 0.3 is 0 Å². The maximum Gasteiger partial charge on any atom is 0.231 e. The Hall–Kier alpha value is -2.49. The Balaban J connectivity index is 1.86. The molecule has 0 bridgehead atoms. The standard InChI is InChI=1S/C19H21NO3/c1-14(21)20(2)12-17(10-15-6-4-3-5-7-15)16-8-9-18-19(11-16)23-13-22-18/h3-9,11,17H,10,12-13H2,1-2H3/t17-/m0/s1. The summed E-state index contributed by atoms with van der Waals surface area (Å²) in [5.74, 6) is 1.85. The molecule has 4 heteroatoms. The molecular formula is C19H21NO3. The van der Waals surface area contributed by atoms with E-state index in [4.69, 9.17) is 9.47 Å². The first-order chi connectivity index (χ1) is 11.1. The van der Waals surface area contributed by atoms with Crippen molar-refractivity contribution >= 4 is 5.91 Å². The van der Waals surface area contributed by atoms with Crippen molar-refractivity contribution in [1.82, 2.24) is 4.90 Å². The number of hydrogen-bond donors (Lipinski definition) is 0. The third-order valence-electron chi connectivity index (χ3n) is 4.22. The molecule has 0 aromatic heterocycles. The molecule has 2 aromatic carbocycles. The Kier molecular flexibility index (Phi) is 4.51. The van der Waals surface area contributed by atoms with Crippen LogP contribution in [0.3, 0.4) is 0 Å². The first-order valence-corrected chi connectivity index (χ1v) is 7.78. The highest BCUT2D eigenvalue weighted by molar-refractivity contribution is 5.72. The van der Waals surface area contributed by atoms with Crippen LogP contribution < -0.4 is 9.47 Å². The number of amides is 1. The number of likely N-dealkylation sites (N-methyl/N-ethyl adjacent to an activating group) is 1. The van der Waals surface area contributed by atoms with E-state index in [9.17, 15) is 4.79 Å². The van der Waals surface area contributed by atoms with Gasteiger partial charge in [0.1, 0.15) is 0 Å². The molecule has 3 rings (SSSR count). The van der Waals surface area contributed by atoms with Crippen LogP contribution in [0.4, 0.5) is 0 Å². The summed E-state index contributed by atoms with van der Waals surface area (Å²) in [5, 5.41) is 0. The van der Waals surface area contributed by atoms with Crippen molar-refractivity contribution in [2.45, 2.75) is 19.3 Å². The van der Waals surface area contributed by atoms with Gasteiger partial charge in [-0.1, -0.05) is 36.4 Å². The summed E-state index contributed by atoms with van der Waals surface area (Å²) in [6.07, 6.45) is 0.873. The van der Waals surface area contributed by atoms with Crippen molar-refractivity contribution in [3.05, 3.63) is 59.7 Å². The molecule has 1 aliphatic rings. The second-order valence-electron chi connectivity index (χ2n) is 5.90. The Morgan fingerprint density at radius 3 is 2.61 bits per heavy atom. The maximum atomic E-state index is 11.6. The molecular weight excluding hydrogens is 290 g/mol. The van der Waals surface area contributed by atoms with E-state index in [1.165, 1.54) is 5.56 Å². The van der Waals surface area contributed by atoms with Gasteiger partial charge in [-0.15, -0.1) is 0 Å². The highest BCUT2D eigenvalue weighted by Crippen LogP contribution is 2.35. The second kappa shape index (κ2) is 6.73. The number of nitrogens with zero attached hydrogens (tertiary/aromatic N) is 1. The van der Waals surface area contributed by atoms with Crippen molar-refractivity contribution in [3.8, 4) is 11.5 Å². The third-order valence-corrected chi connectivity index (χ3v) is 4.22. The fourth-order valence-corrected chi connectivity index (χ4v) is 2.81. The molecule has 1 heterocycles. The Bertz CT molecular complexity index is 684. The molecule has 0 saturated heterocycles. The van der Waals surface area contributed by atoms with Crippen molar-refractivity contribution < 1.29 is 14.3 Å². The van der Waals surface area contributed by atoms with Gasteiger partial charge in [0.2, 0.25) is 12.7 Å². The highest BCUT2D eigenvalue weighted by Gasteiger charge is 2.20. The quantitative estimate of drug-likeness (QED) is 0.851. The minimum Gasteiger partial charge on any atom is -0.454 e. The average molecular weight is 311 g/mol. The number of ether oxygens (including phenoxy) is 2. The molecule has 23 heavy (non-hydrogen) atoms. The maximum absolute atomic E-state index is 11.6. The van der Waals surface area contributed by atoms with Crippen molar-refractivity contribution in [2.24, 2.45) is 0 Å². The average Bonchev–Trinajstić information content (AvgIpc) is 3.02. The lowest BCUT2D eigenvalue weighted by Gasteiger charge is -2.24. The van der Waals surface area contributed by atoms with Gasteiger partial charge < -0.3 is 14.4 Å². The van der Waals surface area contributed by atoms with Crippen LogP contribution >= 0.6 is 0 Å². The topological polar surface area (TPSA) is 38.8 Å². The van der Waals surface area contributed by atoms with E-state index in [1.54, 1.807) is 11.8 Å². The van der Waals surface area contributed by atoms with E-state index in [0.29, 0.717) is 6.54 Å². The molecule has 2 aromatic rings. The van der Waals surface area contributed by atoms with Crippen molar-refractivity contribution in [2.75, 3.05) is 20.4 Å². The molecule has 0 aliphatic carbocycles. The minimum atomic E-state index is 0.0730. The summed E-state index contributed by atoms with van der Waals surface area (Å²) >= 11 is 0. The number of benzene rings is 2. The Morgan fingerprint density at radius 1 is 1.13 bits per heavy atom. The molecule has 0 fully saturated rings. The predicted molar refractivity (Wildman–Crippen MR) is 88.8 cm³/mol. The van der Waals surface area contributed by atoms with Crippen LogP contribution in [-0.2, 0) is 11.2 Å². The van der Waals surface area contributed by atoms with Gasteiger partial charge in [-0.05, 0) is 29.7 Å². The van der Waals surface area contributed by atoms with E-state index in [-0.39, 0.29) is 18.6 Å². The fraction of sp³-hybridized carbons (Fsp3) is 0.316. The fourth-order valence-electron chi connectivity index (χ4n) is 2.81. The Labute approximate surface area is 136 Å². The summed E-state index contributed by atoms with van der Waals surface area (Å²) in [6.45, 7) is 2.54. The van der Waals surface area contributed by atoms with Gasteiger partial charge in [0.15, 0.2) is 11.5 Å². The van der Waals surface area contributed by atoms with Crippen LogP contribution in [0, 0.1) is 0 Å². The van der Waals surface area contributed by atoms with E-state index in [1.807, 2.05) is 37.4 Å². The first kappa shape index (κ1) is 15.4. The molecule has 0 unspecified atom stereocenters. The van der Waals surface area contributed by atoms with Gasteiger partial charge in [0, 0.05) is 26.4 Å². The van der Waals surface area contributed by atoms with Crippen molar-refractivity contribution in [3.63, 3.8) is 0 Å². The van der Waals surface area contributed by atoms with E-state index < -0.39 is 0 Å². The molecule has 0 N–H and O–H groups in total. The van der Waals surface area contributed by atoms with Gasteiger partial charge in [-0.2, -0.15) is 0 Å². The summed E-state index contributed by atoms with van der Waals surface area (Å²) in [4.78, 5) is 13.4. The van der Waals surface area contributed by atoms with E-state index >= 15 is 0 Å². The van der Waals surface area contributed by atoms with Gasteiger partial charge in [0.05, 0.1) is 0 Å². The second-order valence-corrected chi connectivity index (χ2v) is 5.90. The molecule has 1 amide bonds. The van der Waals surface area contributed by atoms with Crippen LogP contribution in [-0.4, -0.2) is 31.2 Å². The molecule has 1 aliphatic heterocycles. The number of hydrogen-bond acceptors (Lipinski definition) is 3. The summed E-state index contributed by atoms with van der Waals surface area (Å²) in [7, 11) is 1.84. The lowest BCUT2D eigenvalue weighted by Crippen LogP contribution is -2.29. The predicted octanol–water partition coefficient (Wildman–Crippen LogP) is 3.22. The van der Waals surface area contributed by atoms with Crippen LogP contribution in [0.1, 0.15) is 24.0 Å². The molecule has 1 atom stereocenters. The van der Waals surface area contributed by atoms with Gasteiger partial charge in [0.25, 0.3) is 0 Å². The zero-order valence-electron chi connectivity index (χ0n) is 13.5. The van der Waals surface area contributed by atoms with Crippen LogP contribution in [0.25, 0.3) is 0 Å². The lowest BCUT2D eigenvalue weighted by atomic mass is 9.91. The summed E-state index contributed by atoms with van der Waals surface area (Å²) < 4.78 is 10.9. The zero-order chi connectivity index (χ0) is 16.2. The number of rotatable bonds is 5. The first-order valence-electron chi connectivity index (χ1n) is 7.78. The minimum absolute atomic E-state index is 0.0730. The molecule has 4 nitrogen and oxygen atoms in total. The van der Waals surface area contributed by atoms with Gasteiger partial charge in [-0.25, -0.2) is 0 Å². The third kappa shape index (κ3) is 3.65. The SMILES string of the molecule is CC(=O)N(C)C[C@H](Cc1ccccc1)c1ccc2c(c1)OCO2. The van der Waals surface area contributed by atoms with Crippen molar-refractivity contribution in [1.29, 1.82) is 0 Å². The van der Waals surface area contributed by atoms with E-state index in [0.717, 1.165) is 23.5 Å². The van der Waals surface area contributed by atoms with Crippen LogP contribution in [0.2, 0.25) is 0 Å². The Morgan fingerprint density at radius 2 is 1.87 bits per heavy atom. The molecule has 0 radical (unpaired) electrons. The monoisotopic (exact) mass is 311 g/mol. The van der Waals surface area contributed by atoms with Gasteiger partial charge in [-0.3, -0.25) is 4.79 Å². The zero-order valence-corrected chi connectivity index (χ0v) is 13.5. The number of carbonyl (C=O) groups is 1.